The maximum atomic E-state index is 12.1. The van der Waals surface area contributed by atoms with Crippen LogP contribution in [0.5, 0.6) is 5.75 Å². The molecular weight excluding hydrogens is 318 g/mol. The van der Waals surface area contributed by atoms with Gasteiger partial charge in [-0.3, -0.25) is 9.59 Å². The van der Waals surface area contributed by atoms with Crippen LogP contribution in [0.4, 0.5) is 0 Å². The minimum absolute atomic E-state index is 0.00996. The van der Waals surface area contributed by atoms with Crippen molar-refractivity contribution in [3.8, 4) is 5.75 Å². The van der Waals surface area contributed by atoms with Crippen molar-refractivity contribution in [1.29, 1.82) is 0 Å². The molecule has 2 rings (SSSR count). The molecule has 2 N–H and O–H groups in total. The van der Waals surface area contributed by atoms with Crippen molar-refractivity contribution >= 4 is 11.9 Å². The van der Waals surface area contributed by atoms with E-state index in [1.807, 2.05) is 37.3 Å². The average Bonchev–Trinajstić information content (AvgIpc) is 2.65. The fourth-order valence-corrected chi connectivity index (χ4v) is 2.51. The monoisotopic (exact) mass is 341 g/mol. The first-order valence-corrected chi connectivity index (χ1v) is 8.23. The van der Waals surface area contributed by atoms with Gasteiger partial charge in [-0.05, 0) is 30.5 Å². The lowest BCUT2D eigenvalue weighted by Crippen LogP contribution is -2.45. The number of carboxylic acid groups (broad SMARTS) is 1. The highest BCUT2D eigenvalue weighted by Crippen LogP contribution is 2.23. The summed E-state index contributed by atoms with van der Waals surface area (Å²) in [5, 5.41) is 12.3. The fourth-order valence-electron chi connectivity index (χ4n) is 2.51. The predicted octanol–water partition coefficient (Wildman–Crippen LogP) is 2.79. The van der Waals surface area contributed by atoms with Crippen molar-refractivity contribution in [2.24, 2.45) is 0 Å². The summed E-state index contributed by atoms with van der Waals surface area (Å²) in [6.45, 7) is 3.45. The van der Waals surface area contributed by atoms with E-state index < -0.39 is 11.4 Å². The number of hydrogen-bond donors (Lipinski definition) is 2. The largest absolute Gasteiger partial charge is 0.483 e. The van der Waals surface area contributed by atoms with Crippen LogP contribution in [0.2, 0.25) is 0 Å². The molecule has 1 unspecified atom stereocenters. The molecule has 0 aliphatic carbocycles. The van der Waals surface area contributed by atoms with Gasteiger partial charge in [0.15, 0.2) is 6.61 Å². The van der Waals surface area contributed by atoms with Crippen LogP contribution in [0, 0.1) is 0 Å². The summed E-state index contributed by atoms with van der Waals surface area (Å²) in [6.07, 6.45) is 0.808. The van der Waals surface area contributed by atoms with Crippen LogP contribution in [0.15, 0.2) is 54.6 Å². The van der Waals surface area contributed by atoms with Crippen LogP contribution in [0.25, 0.3) is 0 Å². The van der Waals surface area contributed by atoms with E-state index in [1.54, 1.807) is 31.2 Å². The summed E-state index contributed by atoms with van der Waals surface area (Å²) in [5.74, 6) is -0.672. The Bertz CT molecular complexity index is 729. The molecule has 5 heteroatoms. The van der Waals surface area contributed by atoms with Crippen LogP contribution in [-0.2, 0) is 21.4 Å². The number of amides is 1. The molecule has 25 heavy (non-hydrogen) atoms. The van der Waals surface area contributed by atoms with Crippen molar-refractivity contribution in [1.82, 2.24) is 5.32 Å². The third-order valence-corrected chi connectivity index (χ3v) is 4.23. The van der Waals surface area contributed by atoms with E-state index in [4.69, 9.17) is 4.74 Å². The van der Waals surface area contributed by atoms with Gasteiger partial charge in [-0.15, -0.1) is 0 Å². The van der Waals surface area contributed by atoms with E-state index in [1.165, 1.54) is 0 Å². The molecule has 132 valence electrons. The summed E-state index contributed by atoms with van der Waals surface area (Å²) in [5.41, 5.74) is 0.466. The van der Waals surface area contributed by atoms with Gasteiger partial charge in [-0.1, -0.05) is 55.5 Å². The van der Waals surface area contributed by atoms with Gasteiger partial charge in [-0.2, -0.15) is 0 Å². The van der Waals surface area contributed by atoms with Crippen molar-refractivity contribution in [3.63, 3.8) is 0 Å². The highest BCUT2D eigenvalue weighted by Gasteiger charge is 2.35. The minimum Gasteiger partial charge on any atom is -0.483 e. The van der Waals surface area contributed by atoms with Crippen LogP contribution in [0.3, 0.4) is 0 Å². The molecule has 0 radical (unpaired) electrons. The number of carbonyl (C=O) groups is 2. The van der Waals surface area contributed by atoms with Gasteiger partial charge in [0.2, 0.25) is 0 Å². The first-order chi connectivity index (χ1) is 12.0. The number of nitrogens with one attached hydrogen (secondary N) is 1. The van der Waals surface area contributed by atoms with E-state index in [9.17, 15) is 14.7 Å². The Kier molecular flexibility index (Phi) is 6.17. The number of aryl methyl sites for hydroxylation is 1. The molecule has 0 spiro atoms. The molecule has 0 aliphatic rings. The number of carbonyl (C=O) groups excluding carboxylic acids is 1. The number of carboxylic acids is 1. The van der Waals surface area contributed by atoms with E-state index in [-0.39, 0.29) is 19.1 Å². The van der Waals surface area contributed by atoms with E-state index in [0.717, 1.165) is 12.0 Å². The maximum Gasteiger partial charge on any atom is 0.315 e. The van der Waals surface area contributed by atoms with Crippen molar-refractivity contribution < 1.29 is 19.4 Å². The summed E-state index contributed by atoms with van der Waals surface area (Å²) in [4.78, 5) is 23.8. The number of benzene rings is 2. The third-order valence-electron chi connectivity index (χ3n) is 4.23. The van der Waals surface area contributed by atoms with Gasteiger partial charge in [0.25, 0.3) is 5.91 Å². The molecule has 1 amide bonds. The highest BCUT2D eigenvalue weighted by atomic mass is 16.5. The zero-order valence-corrected chi connectivity index (χ0v) is 14.5. The first kappa shape index (κ1) is 18.5. The molecule has 2 aromatic carbocycles. The van der Waals surface area contributed by atoms with Gasteiger partial charge in [0.1, 0.15) is 11.2 Å². The molecule has 0 saturated heterocycles. The van der Waals surface area contributed by atoms with Crippen LogP contribution in [-0.4, -0.2) is 30.1 Å². The SMILES string of the molecule is CCc1ccccc1OCC(=O)NCC(C)(C(=O)O)c1ccccc1. The first-order valence-electron chi connectivity index (χ1n) is 8.23. The molecule has 2 aromatic rings. The number of rotatable bonds is 8. The lowest BCUT2D eigenvalue weighted by Gasteiger charge is -2.25. The van der Waals surface area contributed by atoms with Crippen LogP contribution >= 0.6 is 0 Å². The zero-order valence-electron chi connectivity index (χ0n) is 14.5. The Balaban J connectivity index is 1.97. The molecule has 1 atom stereocenters. The maximum absolute atomic E-state index is 12.1. The van der Waals surface area contributed by atoms with E-state index in [0.29, 0.717) is 11.3 Å². The lowest BCUT2D eigenvalue weighted by molar-refractivity contribution is -0.143. The summed E-state index contributed by atoms with van der Waals surface area (Å²) >= 11 is 0. The second-order valence-electron chi connectivity index (χ2n) is 6.03. The van der Waals surface area contributed by atoms with E-state index in [2.05, 4.69) is 5.32 Å². The van der Waals surface area contributed by atoms with Gasteiger partial charge >= 0.3 is 5.97 Å². The summed E-state index contributed by atoms with van der Waals surface area (Å²) < 4.78 is 5.56. The number of hydrogen-bond acceptors (Lipinski definition) is 3. The minimum atomic E-state index is -1.20. The Morgan fingerprint density at radius 2 is 1.72 bits per heavy atom. The van der Waals surface area contributed by atoms with E-state index >= 15 is 0 Å². The van der Waals surface area contributed by atoms with Gasteiger partial charge in [0.05, 0.1) is 0 Å². The normalized spacial score (nSPS) is 12.9. The van der Waals surface area contributed by atoms with Crippen molar-refractivity contribution in [2.75, 3.05) is 13.2 Å². The highest BCUT2D eigenvalue weighted by molar-refractivity contribution is 5.83. The van der Waals surface area contributed by atoms with Crippen molar-refractivity contribution in [2.45, 2.75) is 25.7 Å². The zero-order chi connectivity index (χ0) is 18.3. The van der Waals surface area contributed by atoms with Gasteiger partial charge in [0, 0.05) is 6.54 Å². The molecule has 0 saturated carbocycles. The Labute approximate surface area is 147 Å². The average molecular weight is 341 g/mol. The third kappa shape index (κ3) is 4.59. The quantitative estimate of drug-likeness (QED) is 0.774. The summed E-state index contributed by atoms with van der Waals surface area (Å²) in [6, 6.07) is 16.4. The van der Waals surface area contributed by atoms with Crippen LogP contribution in [0.1, 0.15) is 25.0 Å². The Hall–Kier alpha value is -2.82. The molecular formula is C20H23NO4. The number of aliphatic carboxylic acids is 1. The molecule has 0 aliphatic heterocycles. The molecule has 0 fully saturated rings. The predicted molar refractivity (Wildman–Crippen MR) is 95.8 cm³/mol. The standard InChI is InChI=1S/C20H23NO4/c1-3-15-9-7-8-12-17(15)25-13-18(22)21-14-20(2,19(23)24)16-10-5-4-6-11-16/h4-12H,3,13-14H2,1-2H3,(H,21,22)(H,23,24). The molecule has 5 nitrogen and oxygen atoms in total. The van der Waals surface area contributed by atoms with Crippen LogP contribution < -0.4 is 10.1 Å². The number of ether oxygens (including phenoxy) is 1. The second-order valence-corrected chi connectivity index (χ2v) is 6.03. The molecule has 0 bridgehead atoms. The van der Waals surface area contributed by atoms with Gasteiger partial charge < -0.3 is 15.2 Å². The lowest BCUT2D eigenvalue weighted by atomic mass is 9.82. The van der Waals surface area contributed by atoms with Gasteiger partial charge in [-0.25, -0.2) is 0 Å². The topological polar surface area (TPSA) is 75.6 Å². The summed E-state index contributed by atoms with van der Waals surface area (Å²) in [7, 11) is 0. The molecule has 0 aromatic heterocycles. The smallest absolute Gasteiger partial charge is 0.315 e. The number of para-hydroxylation sites is 1. The Morgan fingerprint density at radius 1 is 1.08 bits per heavy atom. The Morgan fingerprint density at radius 3 is 2.36 bits per heavy atom. The van der Waals surface area contributed by atoms with Crippen molar-refractivity contribution in [3.05, 3.63) is 65.7 Å². The molecule has 0 heterocycles. The second kappa shape index (κ2) is 8.33. The fraction of sp³-hybridized carbons (Fsp3) is 0.300.